The molecule has 0 saturated heterocycles. The zero-order valence-corrected chi connectivity index (χ0v) is 15.8. The van der Waals surface area contributed by atoms with Gasteiger partial charge in [-0.1, -0.05) is 12.1 Å². The fourth-order valence-electron chi connectivity index (χ4n) is 2.76. The SMILES string of the molecule is COc1ccc(C(=O)CNCC(c2ccc(C(F)(F)F)cc2)N(C)C)cc1F. The van der Waals surface area contributed by atoms with Gasteiger partial charge in [-0.15, -0.1) is 0 Å². The minimum atomic E-state index is -4.38. The third-order valence-electron chi connectivity index (χ3n) is 4.34. The van der Waals surface area contributed by atoms with Crippen molar-refractivity contribution in [3.8, 4) is 5.75 Å². The summed E-state index contributed by atoms with van der Waals surface area (Å²) in [5.41, 5.74) is 0.189. The minimum absolute atomic E-state index is 0.0310. The van der Waals surface area contributed by atoms with Crippen LogP contribution in [0.25, 0.3) is 0 Å². The van der Waals surface area contributed by atoms with Crippen LogP contribution < -0.4 is 10.1 Å². The highest BCUT2D eigenvalue weighted by atomic mass is 19.4. The minimum Gasteiger partial charge on any atom is -0.494 e. The van der Waals surface area contributed by atoms with E-state index in [4.69, 9.17) is 4.74 Å². The molecule has 0 aliphatic rings. The molecule has 28 heavy (non-hydrogen) atoms. The molecular weight excluding hydrogens is 376 g/mol. The third kappa shape index (κ3) is 5.53. The summed E-state index contributed by atoms with van der Waals surface area (Å²) >= 11 is 0. The van der Waals surface area contributed by atoms with Crippen molar-refractivity contribution in [2.24, 2.45) is 0 Å². The number of carbonyl (C=O) groups is 1. The Morgan fingerprint density at radius 1 is 1.14 bits per heavy atom. The molecule has 2 aromatic carbocycles. The van der Waals surface area contributed by atoms with Gasteiger partial charge < -0.3 is 15.0 Å². The molecule has 0 aromatic heterocycles. The van der Waals surface area contributed by atoms with E-state index < -0.39 is 17.6 Å². The number of benzene rings is 2. The monoisotopic (exact) mass is 398 g/mol. The topological polar surface area (TPSA) is 41.6 Å². The van der Waals surface area contributed by atoms with E-state index in [1.807, 2.05) is 4.90 Å². The van der Waals surface area contributed by atoms with Crippen molar-refractivity contribution in [1.29, 1.82) is 0 Å². The first-order chi connectivity index (χ1) is 13.1. The zero-order chi connectivity index (χ0) is 20.9. The number of nitrogens with one attached hydrogen (secondary N) is 1. The summed E-state index contributed by atoms with van der Waals surface area (Å²) in [6, 6.07) is 8.67. The van der Waals surface area contributed by atoms with Crippen LogP contribution in [0.1, 0.15) is 27.5 Å². The van der Waals surface area contributed by atoms with Gasteiger partial charge >= 0.3 is 6.18 Å². The lowest BCUT2D eigenvalue weighted by molar-refractivity contribution is -0.137. The van der Waals surface area contributed by atoms with E-state index in [1.165, 1.54) is 31.4 Å². The average molecular weight is 398 g/mol. The van der Waals surface area contributed by atoms with Gasteiger partial charge in [-0.05, 0) is 50.0 Å². The van der Waals surface area contributed by atoms with Crippen molar-refractivity contribution < 1.29 is 27.1 Å². The molecule has 0 radical (unpaired) electrons. The van der Waals surface area contributed by atoms with Crippen molar-refractivity contribution in [2.75, 3.05) is 34.3 Å². The number of carbonyl (C=O) groups excluding carboxylic acids is 1. The number of methoxy groups -OCH3 is 1. The molecule has 4 nitrogen and oxygen atoms in total. The molecule has 0 fully saturated rings. The van der Waals surface area contributed by atoms with Crippen LogP contribution in [0.3, 0.4) is 0 Å². The van der Waals surface area contributed by atoms with Crippen LogP contribution in [0, 0.1) is 5.82 Å². The van der Waals surface area contributed by atoms with Crippen molar-refractivity contribution in [3.63, 3.8) is 0 Å². The summed E-state index contributed by atoms with van der Waals surface area (Å²) in [5.74, 6) is -0.866. The number of halogens is 4. The van der Waals surface area contributed by atoms with E-state index in [1.54, 1.807) is 14.1 Å². The zero-order valence-electron chi connectivity index (χ0n) is 15.8. The van der Waals surface area contributed by atoms with Gasteiger partial charge in [0.05, 0.1) is 19.2 Å². The molecule has 1 unspecified atom stereocenters. The maximum absolute atomic E-state index is 13.7. The second-order valence-electron chi connectivity index (χ2n) is 6.50. The van der Waals surface area contributed by atoms with Crippen LogP contribution >= 0.6 is 0 Å². The fraction of sp³-hybridized carbons (Fsp3) is 0.350. The number of nitrogens with zero attached hydrogens (tertiary/aromatic N) is 1. The Bertz CT molecular complexity index is 805. The Balaban J connectivity index is 2.00. The van der Waals surface area contributed by atoms with Crippen LogP contribution in [-0.2, 0) is 6.18 Å². The molecule has 2 rings (SSSR count). The van der Waals surface area contributed by atoms with E-state index in [0.717, 1.165) is 18.2 Å². The largest absolute Gasteiger partial charge is 0.494 e. The van der Waals surface area contributed by atoms with Gasteiger partial charge in [0.15, 0.2) is 17.3 Å². The van der Waals surface area contributed by atoms with E-state index in [2.05, 4.69) is 5.32 Å². The Kier molecular flexibility index (Phi) is 7.15. The molecule has 8 heteroatoms. The van der Waals surface area contributed by atoms with Crippen LogP contribution in [-0.4, -0.2) is 45.0 Å². The number of hydrogen-bond acceptors (Lipinski definition) is 4. The van der Waals surface area contributed by atoms with E-state index in [9.17, 15) is 22.4 Å². The molecule has 1 N–H and O–H groups in total. The van der Waals surface area contributed by atoms with Crippen molar-refractivity contribution in [1.82, 2.24) is 10.2 Å². The Labute approximate surface area is 161 Å². The van der Waals surface area contributed by atoms with Crippen LogP contribution in [0.4, 0.5) is 17.6 Å². The summed E-state index contributed by atoms with van der Waals surface area (Å²) in [5, 5.41) is 2.99. The van der Waals surface area contributed by atoms with Gasteiger partial charge in [-0.3, -0.25) is 4.79 Å². The third-order valence-corrected chi connectivity index (χ3v) is 4.34. The lowest BCUT2D eigenvalue weighted by Gasteiger charge is -2.25. The molecule has 1 atom stereocenters. The smallest absolute Gasteiger partial charge is 0.416 e. The standard InChI is InChI=1S/C20H22F4N2O2/c1-26(2)17(13-4-7-15(8-5-13)20(22,23)24)11-25-12-18(27)14-6-9-19(28-3)16(21)10-14/h4-10,17,25H,11-12H2,1-3H3. The van der Waals surface area contributed by atoms with Gasteiger partial charge in [-0.25, -0.2) is 4.39 Å². The number of ether oxygens (including phenoxy) is 1. The normalized spacial score (nSPS) is 12.9. The summed E-state index contributed by atoms with van der Waals surface area (Å²) in [6.07, 6.45) is -4.38. The molecule has 0 saturated carbocycles. The number of rotatable bonds is 8. The molecule has 0 aliphatic heterocycles. The molecule has 0 aliphatic carbocycles. The molecule has 0 amide bonds. The van der Waals surface area contributed by atoms with Gasteiger partial charge in [0, 0.05) is 18.2 Å². The Morgan fingerprint density at radius 2 is 1.79 bits per heavy atom. The highest BCUT2D eigenvalue weighted by Gasteiger charge is 2.30. The average Bonchev–Trinajstić information content (AvgIpc) is 2.64. The second kappa shape index (κ2) is 9.16. The van der Waals surface area contributed by atoms with E-state index in [-0.39, 0.29) is 29.7 Å². The fourth-order valence-corrected chi connectivity index (χ4v) is 2.76. The highest BCUT2D eigenvalue weighted by molar-refractivity contribution is 5.97. The van der Waals surface area contributed by atoms with E-state index in [0.29, 0.717) is 12.1 Å². The molecule has 0 heterocycles. The van der Waals surface area contributed by atoms with Crippen LogP contribution in [0.2, 0.25) is 0 Å². The van der Waals surface area contributed by atoms with Crippen molar-refractivity contribution in [3.05, 3.63) is 65.0 Å². The summed E-state index contributed by atoms with van der Waals surface area (Å²) in [4.78, 5) is 14.1. The lowest BCUT2D eigenvalue weighted by atomic mass is 10.0. The lowest BCUT2D eigenvalue weighted by Crippen LogP contribution is -2.34. The number of ketones is 1. The maximum atomic E-state index is 13.7. The number of hydrogen-bond donors (Lipinski definition) is 1. The summed E-state index contributed by atoms with van der Waals surface area (Å²) in [6.45, 7) is 0.305. The first-order valence-electron chi connectivity index (χ1n) is 8.54. The Morgan fingerprint density at radius 3 is 2.29 bits per heavy atom. The van der Waals surface area contributed by atoms with E-state index >= 15 is 0 Å². The number of alkyl halides is 3. The molecular formula is C20H22F4N2O2. The number of likely N-dealkylation sites (N-methyl/N-ethyl adjacent to an activating group) is 1. The Hall–Kier alpha value is -2.45. The quantitative estimate of drug-likeness (QED) is 0.541. The molecule has 152 valence electrons. The highest BCUT2D eigenvalue weighted by Crippen LogP contribution is 2.30. The predicted octanol–water partition coefficient (Wildman–Crippen LogP) is 3.93. The number of Topliss-reactive ketones (excluding diaryl/α,β-unsaturated/α-hetero) is 1. The van der Waals surface area contributed by atoms with Crippen LogP contribution in [0.5, 0.6) is 5.75 Å². The summed E-state index contributed by atoms with van der Waals surface area (Å²) in [7, 11) is 4.93. The van der Waals surface area contributed by atoms with Gasteiger partial charge in [0.2, 0.25) is 0 Å². The van der Waals surface area contributed by atoms with Gasteiger partial charge in [-0.2, -0.15) is 13.2 Å². The molecule has 0 bridgehead atoms. The molecule has 0 spiro atoms. The van der Waals surface area contributed by atoms with Gasteiger partial charge in [0.25, 0.3) is 0 Å². The van der Waals surface area contributed by atoms with Crippen LogP contribution in [0.15, 0.2) is 42.5 Å². The maximum Gasteiger partial charge on any atom is 0.416 e. The predicted molar refractivity (Wildman–Crippen MR) is 98.0 cm³/mol. The second-order valence-corrected chi connectivity index (χ2v) is 6.50. The first-order valence-corrected chi connectivity index (χ1v) is 8.54. The molecule has 2 aromatic rings. The van der Waals surface area contributed by atoms with Crippen molar-refractivity contribution in [2.45, 2.75) is 12.2 Å². The van der Waals surface area contributed by atoms with Gasteiger partial charge in [0.1, 0.15) is 0 Å². The van der Waals surface area contributed by atoms with Crippen molar-refractivity contribution >= 4 is 5.78 Å². The summed E-state index contributed by atoms with van der Waals surface area (Å²) < 4.78 is 56.7. The first kappa shape index (κ1) is 21.8.